The van der Waals surface area contributed by atoms with Gasteiger partial charge in [0.2, 0.25) is 15.9 Å². The lowest BCUT2D eigenvalue weighted by atomic mass is 9.81. The van der Waals surface area contributed by atoms with E-state index in [4.69, 9.17) is 0 Å². The number of carbonyl (C=O) groups excluding carboxylic acids is 1. The van der Waals surface area contributed by atoms with E-state index in [1.807, 2.05) is 0 Å². The van der Waals surface area contributed by atoms with Crippen LogP contribution in [0, 0.1) is 17.8 Å². The Morgan fingerprint density at radius 1 is 1.18 bits per heavy atom. The van der Waals surface area contributed by atoms with Crippen LogP contribution in [0.2, 0.25) is 0 Å². The predicted molar refractivity (Wildman–Crippen MR) is 131 cm³/mol. The highest BCUT2D eigenvalue weighted by Gasteiger charge is 2.28. The monoisotopic (exact) mass is 493 g/mol. The molecule has 1 aromatic carbocycles. The highest BCUT2D eigenvalue weighted by Crippen LogP contribution is 2.29. The zero-order valence-corrected chi connectivity index (χ0v) is 21.0. The molecule has 1 aliphatic heterocycles. The van der Waals surface area contributed by atoms with Gasteiger partial charge in [-0.25, -0.2) is 13.1 Å². The van der Waals surface area contributed by atoms with E-state index in [2.05, 4.69) is 30.6 Å². The van der Waals surface area contributed by atoms with Gasteiger partial charge in [0, 0.05) is 25.6 Å². The minimum atomic E-state index is -3.64. The van der Waals surface area contributed by atoms with Crippen LogP contribution >= 0.6 is 11.7 Å². The Hall–Kier alpha value is -1.62. The molecule has 2 fully saturated rings. The molecule has 182 valence electrons. The lowest BCUT2D eigenvalue weighted by Crippen LogP contribution is -2.38. The fraction of sp³-hybridized carbons (Fsp3) is 0.696. The van der Waals surface area contributed by atoms with Crippen LogP contribution in [0.25, 0.3) is 11.0 Å². The molecule has 8 nitrogen and oxygen atoms in total. The maximum absolute atomic E-state index is 12.8. The average molecular weight is 494 g/mol. The normalized spacial score (nSPS) is 24.7. The van der Waals surface area contributed by atoms with Gasteiger partial charge in [-0.15, -0.1) is 0 Å². The molecule has 0 bridgehead atoms. The zero-order valence-electron chi connectivity index (χ0n) is 19.3. The SMILES string of the molecule is C[C@@H]1CCCN(CCCNC(=O)C2CCC(CNS(=O)(=O)c3cccc4nsnc34)CC2)C1. The number of fused-ring (bicyclic) bond motifs is 1. The summed E-state index contributed by atoms with van der Waals surface area (Å²) in [4.78, 5) is 15.3. The van der Waals surface area contributed by atoms with Crippen molar-refractivity contribution in [2.75, 3.05) is 32.7 Å². The van der Waals surface area contributed by atoms with Crippen molar-refractivity contribution in [1.29, 1.82) is 0 Å². The summed E-state index contributed by atoms with van der Waals surface area (Å²) in [5.41, 5.74) is 1.02. The first-order valence-electron chi connectivity index (χ1n) is 12.1. The molecule has 10 heteroatoms. The lowest BCUT2D eigenvalue weighted by molar-refractivity contribution is -0.126. The van der Waals surface area contributed by atoms with Gasteiger partial charge in [-0.3, -0.25) is 4.79 Å². The van der Waals surface area contributed by atoms with Crippen molar-refractivity contribution < 1.29 is 13.2 Å². The molecule has 0 radical (unpaired) electrons. The number of hydrogen-bond acceptors (Lipinski definition) is 7. The molecule has 1 aromatic heterocycles. The topological polar surface area (TPSA) is 104 Å². The molecule has 2 heterocycles. The number of amides is 1. The first-order valence-corrected chi connectivity index (χ1v) is 14.3. The highest BCUT2D eigenvalue weighted by atomic mass is 32.2. The van der Waals surface area contributed by atoms with Gasteiger partial charge in [-0.2, -0.15) is 8.75 Å². The predicted octanol–water partition coefficient (Wildman–Crippen LogP) is 3.01. The molecule has 2 aliphatic rings. The van der Waals surface area contributed by atoms with Gasteiger partial charge in [-0.05, 0) is 82.0 Å². The van der Waals surface area contributed by atoms with Crippen molar-refractivity contribution >= 4 is 38.7 Å². The fourth-order valence-electron chi connectivity index (χ4n) is 5.08. The first-order chi connectivity index (χ1) is 15.9. The molecular formula is C23H35N5O3S2. The molecule has 1 atom stereocenters. The number of likely N-dealkylation sites (tertiary alicyclic amines) is 1. The van der Waals surface area contributed by atoms with E-state index in [1.54, 1.807) is 18.2 Å². The molecule has 0 spiro atoms. The van der Waals surface area contributed by atoms with Gasteiger partial charge in [0.15, 0.2) is 0 Å². The molecule has 2 N–H and O–H groups in total. The second-order valence-electron chi connectivity index (χ2n) is 9.65. The number of hydrogen-bond donors (Lipinski definition) is 2. The van der Waals surface area contributed by atoms with Gasteiger partial charge >= 0.3 is 0 Å². The molecule has 1 aliphatic carbocycles. The molecule has 1 amide bonds. The molecule has 1 saturated heterocycles. The Balaban J connectivity index is 1.16. The molecule has 4 rings (SSSR count). The quantitative estimate of drug-likeness (QED) is 0.521. The van der Waals surface area contributed by atoms with Gasteiger partial charge in [0.05, 0.1) is 11.7 Å². The van der Waals surface area contributed by atoms with Gasteiger partial charge in [-0.1, -0.05) is 13.0 Å². The van der Waals surface area contributed by atoms with Crippen molar-refractivity contribution in [2.24, 2.45) is 17.8 Å². The summed E-state index contributed by atoms with van der Waals surface area (Å²) in [6.07, 6.45) is 6.95. The number of benzene rings is 1. The molecule has 0 unspecified atom stereocenters. The Labute approximate surface area is 200 Å². The Morgan fingerprint density at radius 2 is 2.00 bits per heavy atom. The molecule has 1 saturated carbocycles. The van der Waals surface area contributed by atoms with Crippen LogP contribution in [0.3, 0.4) is 0 Å². The third-order valence-corrected chi connectivity index (χ3v) is 9.01. The number of nitrogens with one attached hydrogen (secondary N) is 2. The fourth-order valence-corrected chi connectivity index (χ4v) is 6.96. The van der Waals surface area contributed by atoms with E-state index in [0.29, 0.717) is 17.6 Å². The van der Waals surface area contributed by atoms with Crippen LogP contribution in [-0.2, 0) is 14.8 Å². The van der Waals surface area contributed by atoms with Crippen molar-refractivity contribution in [2.45, 2.75) is 56.8 Å². The Morgan fingerprint density at radius 3 is 2.79 bits per heavy atom. The standard InChI is InChI=1S/C23H35N5O3S2/c1-17-5-3-13-28(16-17)14-4-12-24-23(29)19-10-8-18(9-11-19)15-25-33(30,31)21-7-2-6-20-22(21)27-32-26-20/h2,6-7,17-19,25H,3-5,8-16H2,1H3,(H,24,29)/t17-,18?,19?/m1/s1. The minimum Gasteiger partial charge on any atom is -0.356 e. The van der Waals surface area contributed by atoms with E-state index in [-0.39, 0.29) is 22.6 Å². The number of aromatic nitrogens is 2. The maximum atomic E-state index is 12.8. The second-order valence-corrected chi connectivity index (χ2v) is 11.9. The van der Waals surface area contributed by atoms with Gasteiger partial charge in [0.25, 0.3) is 0 Å². The van der Waals surface area contributed by atoms with E-state index in [0.717, 1.165) is 62.8 Å². The van der Waals surface area contributed by atoms with Crippen LogP contribution < -0.4 is 10.0 Å². The van der Waals surface area contributed by atoms with E-state index < -0.39 is 10.0 Å². The largest absolute Gasteiger partial charge is 0.356 e. The summed E-state index contributed by atoms with van der Waals surface area (Å²) in [7, 11) is -3.64. The summed E-state index contributed by atoms with van der Waals surface area (Å²) in [5.74, 6) is 1.23. The summed E-state index contributed by atoms with van der Waals surface area (Å²) in [6.45, 7) is 6.86. The maximum Gasteiger partial charge on any atom is 0.242 e. The van der Waals surface area contributed by atoms with Crippen molar-refractivity contribution in [1.82, 2.24) is 23.7 Å². The minimum absolute atomic E-state index is 0.0442. The Bertz CT molecular complexity index is 1030. The number of rotatable bonds is 9. The van der Waals surface area contributed by atoms with Crippen LogP contribution in [0.15, 0.2) is 23.1 Å². The smallest absolute Gasteiger partial charge is 0.242 e. The zero-order chi connectivity index (χ0) is 23.3. The van der Waals surface area contributed by atoms with Crippen LogP contribution in [0.5, 0.6) is 0 Å². The highest BCUT2D eigenvalue weighted by molar-refractivity contribution is 7.89. The van der Waals surface area contributed by atoms with Crippen molar-refractivity contribution in [3.8, 4) is 0 Å². The van der Waals surface area contributed by atoms with E-state index in [1.165, 1.54) is 25.9 Å². The second kappa shape index (κ2) is 11.2. The van der Waals surface area contributed by atoms with Crippen LogP contribution in [-0.4, -0.2) is 60.7 Å². The lowest BCUT2D eigenvalue weighted by Gasteiger charge is -2.31. The van der Waals surface area contributed by atoms with Crippen LogP contribution in [0.4, 0.5) is 0 Å². The van der Waals surface area contributed by atoms with Gasteiger partial charge < -0.3 is 10.2 Å². The summed E-state index contributed by atoms with van der Waals surface area (Å²) in [6, 6.07) is 5.02. The summed E-state index contributed by atoms with van der Waals surface area (Å²) >= 11 is 1.01. The summed E-state index contributed by atoms with van der Waals surface area (Å²) < 4.78 is 36.6. The van der Waals surface area contributed by atoms with Gasteiger partial charge in [0.1, 0.15) is 15.9 Å². The molecule has 2 aromatic rings. The van der Waals surface area contributed by atoms with E-state index >= 15 is 0 Å². The Kier molecular flexibility index (Phi) is 8.32. The third-order valence-electron chi connectivity index (χ3n) is 7.01. The van der Waals surface area contributed by atoms with Crippen LogP contribution in [0.1, 0.15) is 51.9 Å². The molecule has 33 heavy (non-hydrogen) atoms. The first kappa shape index (κ1) is 24.5. The average Bonchev–Trinajstić information content (AvgIpc) is 3.30. The number of carbonyl (C=O) groups is 1. The van der Waals surface area contributed by atoms with Crippen molar-refractivity contribution in [3.05, 3.63) is 18.2 Å². The summed E-state index contributed by atoms with van der Waals surface area (Å²) in [5, 5.41) is 3.12. The number of piperidine rings is 1. The number of nitrogens with zero attached hydrogens (tertiary/aromatic N) is 3. The number of sulfonamides is 1. The van der Waals surface area contributed by atoms with Crippen molar-refractivity contribution in [3.63, 3.8) is 0 Å². The molecular weight excluding hydrogens is 458 g/mol. The van der Waals surface area contributed by atoms with E-state index in [9.17, 15) is 13.2 Å². The third kappa shape index (κ3) is 6.49.